The second-order valence-corrected chi connectivity index (χ2v) is 4.67. The molecule has 20 heavy (non-hydrogen) atoms. The van der Waals surface area contributed by atoms with Crippen molar-refractivity contribution in [3.63, 3.8) is 0 Å². The van der Waals surface area contributed by atoms with Gasteiger partial charge in [0.2, 0.25) is 5.88 Å². The second-order valence-electron chi connectivity index (χ2n) is 4.67. The van der Waals surface area contributed by atoms with E-state index in [1.165, 1.54) is 4.90 Å². The Morgan fingerprint density at radius 1 is 1.20 bits per heavy atom. The predicted octanol–water partition coefficient (Wildman–Crippen LogP) is 1.72. The summed E-state index contributed by atoms with van der Waals surface area (Å²) in [6, 6.07) is 5.29. The molecule has 0 N–H and O–H groups in total. The van der Waals surface area contributed by atoms with Gasteiger partial charge in [-0.25, -0.2) is 4.79 Å². The summed E-state index contributed by atoms with van der Waals surface area (Å²) in [6.07, 6.45) is 0. The van der Waals surface area contributed by atoms with E-state index < -0.39 is 0 Å². The average molecular weight is 347 g/mol. The van der Waals surface area contributed by atoms with Gasteiger partial charge in [0, 0.05) is 33.3 Å². The van der Waals surface area contributed by atoms with Crippen molar-refractivity contribution < 1.29 is 9.53 Å². The number of ether oxygens (including phenoxy) is 1. The van der Waals surface area contributed by atoms with Crippen molar-refractivity contribution in [3.05, 3.63) is 18.2 Å². The molecule has 1 aromatic rings. The highest BCUT2D eigenvalue weighted by Crippen LogP contribution is 2.16. The standard InChI is InChI=1S/C13H22N4O2.BrH/c1-15(2)9-10-17(13(18)16(3)4)11-7-6-8-12(14-11)19-5;/h6-8H,9-10H2,1-5H3;1H. The van der Waals surface area contributed by atoms with E-state index in [9.17, 15) is 4.79 Å². The van der Waals surface area contributed by atoms with Crippen LogP contribution in [0.2, 0.25) is 0 Å². The molecule has 0 spiro atoms. The fourth-order valence-corrected chi connectivity index (χ4v) is 1.52. The molecule has 1 rings (SSSR count). The molecule has 0 fully saturated rings. The van der Waals surface area contributed by atoms with E-state index >= 15 is 0 Å². The number of hydrogen-bond donors (Lipinski definition) is 0. The summed E-state index contributed by atoms with van der Waals surface area (Å²) >= 11 is 0. The van der Waals surface area contributed by atoms with Gasteiger partial charge in [-0.05, 0) is 20.2 Å². The Bertz CT molecular complexity index is 427. The molecule has 0 aromatic carbocycles. The first-order valence-corrected chi connectivity index (χ1v) is 6.10. The molecule has 2 amide bonds. The third-order valence-electron chi connectivity index (χ3n) is 2.58. The molecule has 0 saturated carbocycles. The van der Waals surface area contributed by atoms with Crippen molar-refractivity contribution in [1.29, 1.82) is 0 Å². The summed E-state index contributed by atoms with van der Waals surface area (Å²) in [5.41, 5.74) is 0. The number of urea groups is 1. The molecular formula is C13H23BrN4O2. The molecule has 1 aromatic heterocycles. The maximum atomic E-state index is 12.2. The van der Waals surface area contributed by atoms with Crippen LogP contribution in [-0.2, 0) is 0 Å². The topological polar surface area (TPSA) is 48.9 Å². The van der Waals surface area contributed by atoms with E-state index in [4.69, 9.17) is 4.74 Å². The van der Waals surface area contributed by atoms with Crippen LogP contribution in [0.15, 0.2) is 18.2 Å². The molecule has 0 atom stereocenters. The van der Waals surface area contributed by atoms with Crippen LogP contribution in [-0.4, -0.2) is 69.2 Å². The van der Waals surface area contributed by atoms with E-state index in [0.29, 0.717) is 18.2 Å². The number of likely N-dealkylation sites (N-methyl/N-ethyl adjacent to an activating group) is 1. The van der Waals surface area contributed by atoms with Crippen LogP contribution in [0, 0.1) is 0 Å². The highest BCUT2D eigenvalue weighted by molar-refractivity contribution is 8.93. The van der Waals surface area contributed by atoms with E-state index in [2.05, 4.69) is 4.98 Å². The van der Waals surface area contributed by atoms with Crippen molar-refractivity contribution >= 4 is 28.8 Å². The fourth-order valence-electron chi connectivity index (χ4n) is 1.52. The molecule has 0 unspecified atom stereocenters. The number of methoxy groups -OCH3 is 1. The third kappa shape index (κ3) is 5.34. The van der Waals surface area contributed by atoms with Crippen LogP contribution in [0.4, 0.5) is 10.6 Å². The van der Waals surface area contributed by atoms with Gasteiger partial charge in [-0.2, -0.15) is 4.98 Å². The number of pyridine rings is 1. The molecule has 1 heterocycles. The van der Waals surface area contributed by atoms with Gasteiger partial charge in [0.25, 0.3) is 0 Å². The van der Waals surface area contributed by atoms with Crippen molar-refractivity contribution in [1.82, 2.24) is 14.8 Å². The van der Waals surface area contributed by atoms with Crippen LogP contribution >= 0.6 is 17.0 Å². The van der Waals surface area contributed by atoms with Gasteiger partial charge in [-0.3, -0.25) is 4.90 Å². The van der Waals surface area contributed by atoms with Gasteiger partial charge in [-0.1, -0.05) is 6.07 Å². The Kier molecular flexibility index (Phi) is 8.17. The lowest BCUT2D eigenvalue weighted by Crippen LogP contribution is -2.43. The average Bonchev–Trinajstić information content (AvgIpc) is 2.38. The van der Waals surface area contributed by atoms with E-state index in [1.54, 1.807) is 38.2 Å². The summed E-state index contributed by atoms with van der Waals surface area (Å²) in [4.78, 5) is 21.7. The smallest absolute Gasteiger partial charge is 0.325 e. The minimum Gasteiger partial charge on any atom is -0.481 e. The molecule has 114 valence electrons. The lowest BCUT2D eigenvalue weighted by Gasteiger charge is -2.26. The number of halogens is 1. The largest absolute Gasteiger partial charge is 0.481 e. The summed E-state index contributed by atoms with van der Waals surface area (Å²) in [5, 5.41) is 0. The maximum Gasteiger partial charge on any atom is 0.325 e. The number of carbonyl (C=O) groups excluding carboxylic acids is 1. The van der Waals surface area contributed by atoms with Crippen LogP contribution in [0.3, 0.4) is 0 Å². The Hall–Kier alpha value is -1.34. The fraction of sp³-hybridized carbons (Fsp3) is 0.538. The van der Waals surface area contributed by atoms with Gasteiger partial charge in [0.1, 0.15) is 5.82 Å². The Labute approximate surface area is 131 Å². The van der Waals surface area contributed by atoms with Gasteiger partial charge < -0.3 is 14.5 Å². The van der Waals surface area contributed by atoms with Gasteiger partial charge in [-0.15, -0.1) is 17.0 Å². The number of rotatable bonds is 5. The Balaban J connectivity index is 0.00000361. The van der Waals surface area contributed by atoms with E-state index in [0.717, 1.165) is 6.54 Å². The van der Waals surface area contributed by atoms with Crippen molar-refractivity contribution in [3.8, 4) is 5.88 Å². The van der Waals surface area contributed by atoms with Crippen LogP contribution in [0.5, 0.6) is 5.88 Å². The molecule has 6 nitrogen and oxygen atoms in total. The Morgan fingerprint density at radius 2 is 1.85 bits per heavy atom. The van der Waals surface area contributed by atoms with Crippen LogP contribution < -0.4 is 9.64 Å². The first-order valence-electron chi connectivity index (χ1n) is 6.10. The molecular weight excluding hydrogens is 324 g/mol. The van der Waals surface area contributed by atoms with E-state index in [1.807, 2.05) is 25.1 Å². The highest BCUT2D eigenvalue weighted by Gasteiger charge is 2.19. The summed E-state index contributed by atoms with van der Waals surface area (Å²) < 4.78 is 5.10. The molecule has 0 saturated heterocycles. The molecule has 0 bridgehead atoms. The van der Waals surface area contributed by atoms with Crippen molar-refractivity contribution in [2.45, 2.75) is 0 Å². The normalized spacial score (nSPS) is 9.90. The SMILES string of the molecule is Br.COc1cccc(N(CCN(C)C)C(=O)N(C)C)n1. The molecule has 0 radical (unpaired) electrons. The minimum absolute atomic E-state index is 0. The number of aromatic nitrogens is 1. The first-order chi connectivity index (χ1) is 8.95. The summed E-state index contributed by atoms with van der Waals surface area (Å²) in [7, 11) is 8.95. The summed E-state index contributed by atoms with van der Waals surface area (Å²) in [6.45, 7) is 1.34. The predicted molar refractivity (Wildman–Crippen MR) is 86.1 cm³/mol. The second kappa shape index (κ2) is 8.76. The zero-order chi connectivity index (χ0) is 14.4. The lowest BCUT2D eigenvalue weighted by atomic mass is 10.4. The number of nitrogens with zero attached hydrogens (tertiary/aromatic N) is 4. The molecule has 0 aliphatic heterocycles. The number of hydrogen-bond acceptors (Lipinski definition) is 4. The van der Waals surface area contributed by atoms with Crippen molar-refractivity contribution in [2.75, 3.05) is 53.3 Å². The Morgan fingerprint density at radius 3 is 2.35 bits per heavy atom. The first kappa shape index (κ1) is 18.7. The molecule has 0 aliphatic rings. The third-order valence-corrected chi connectivity index (χ3v) is 2.58. The van der Waals surface area contributed by atoms with E-state index in [-0.39, 0.29) is 23.0 Å². The zero-order valence-corrected chi connectivity index (χ0v) is 14.4. The number of carbonyl (C=O) groups is 1. The minimum atomic E-state index is -0.0948. The van der Waals surface area contributed by atoms with Gasteiger partial charge in [0.05, 0.1) is 7.11 Å². The molecule has 7 heteroatoms. The summed E-state index contributed by atoms with van der Waals surface area (Å²) in [5.74, 6) is 1.10. The van der Waals surface area contributed by atoms with Gasteiger partial charge >= 0.3 is 6.03 Å². The van der Waals surface area contributed by atoms with Crippen LogP contribution in [0.25, 0.3) is 0 Å². The number of anilines is 1. The zero-order valence-electron chi connectivity index (χ0n) is 12.7. The van der Waals surface area contributed by atoms with Gasteiger partial charge in [0.15, 0.2) is 0 Å². The maximum absolute atomic E-state index is 12.2. The van der Waals surface area contributed by atoms with Crippen LogP contribution in [0.1, 0.15) is 0 Å². The van der Waals surface area contributed by atoms with Crippen molar-refractivity contribution in [2.24, 2.45) is 0 Å². The molecule has 0 aliphatic carbocycles. The lowest BCUT2D eigenvalue weighted by molar-refractivity contribution is 0.222. The monoisotopic (exact) mass is 346 g/mol. The quantitative estimate of drug-likeness (QED) is 0.814. The highest BCUT2D eigenvalue weighted by atomic mass is 79.9. The number of amides is 2.